The third kappa shape index (κ3) is 6.08. The van der Waals surface area contributed by atoms with Gasteiger partial charge in [0.05, 0.1) is 23.2 Å². The van der Waals surface area contributed by atoms with Crippen LogP contribution in [0.4, 0.5) is 40.3 Å². The van der Waals surface area contributed by atoms with Crippen LogP contribution in [0, 0.1) is 12.7 Å². The average Bonchev–Trinajstić information content (AvgIpc) is 2.81. The molecule has 0 saturated carbocycles. The summed E-state index contributed by atoms with van der Waals surface area (Å²) in [6.07, 6.45) is -11.3. The van der Waals surface area contributed by atoms with E-state index >= 15 is 0 Å². The van der Waals surface area contributed by atoms with Gasteiger partial charge < -0.3 is 19.8 Å². The van der Waals surface area contributed by atoms with Gasteiger partial charge in [-0.3, -0.25) is 0 Å². The number of halogens is 7. The highest BCUT2D eigenvalue weighted by Crippen LogP contribution is 2.39. The largest absolute Gasteiger partial charge is 0.465 e. The molecule has 1 N–H and O–H groups in total. The van der Waals surface area contributed by atoms with Crippen LogP contribution in [0.2, 0.25) is 0 Å². The number of hydrogen-bond acceptors (Lipinski definition) is 2. The fraction of sp³-hybridized carbons (Fsp3) is 0.417. The zero-order valence-corrected chi connectivity index (χ0v) is 20.0. The summed E-state index contributed by atoms with van der Waals surface area (Å²) in [6, 6.07) is 2.11. The number of hydrogen-bond donors (Lipinski definition) is 1. The molecule has 0 bridgehead atoms. The van der Waals surface area contributed by atoms with Crippen LogP contribution < -0.4 is 0 Å². The lowest BCUT2D eigenvalue weighted by molar-refractivity contribution is -0.143. The molecule has 2 aromatic rings. The van der Waals surface area contributed by atoms with E-state index in [1.54, 1.807) is 6.92 Å². The zero-order chi connectivity index (χ0) is 27.9. The van der Waals surface area contributed by atoms with E-state index in [1.165, 1.54) is 31.0 Å². The van der Waals surface area contributed by atoms with Gasteiger partial charge in [0.1, 0.15) is 5.82 Å². The number of aryl methyl sites for hydroxylation is 1. The minimum absolute atomic E-state index is 0.0104. The first-order valence-electron chi connectivity index (χ1n) is 11.1. The Hall–Kier alpha value is -3.51. The smallest absolute Gasteiger partial charge is 0.416 e. The highest BCUT2D eigenvalue weighted by molar-refractivity contribution is 5.76. The molecule has 3 amide bonds. The van der Waals surface area contributed by atoms with E-state index in [0.717, 1.165) is 15.9 Å². The van der Waals surface area contributed by atoms with E-state index < -0.39 is 53.5 Å². The van der Waals surface area contributed by atoms with Gasteiger partial charge in [0, 0.05) is 26.7 Å². The van der Waals surface area contributed by atoms with Crippen molar-refractivity contribution in [3.63, 3.8) is 0 Å². The van der Waals surface area contributed by atoms with Crippen LogP contribution in [0.1, 0.15) is 46.8 Å². The van der Waals surface area contributed by atoms with Gasteiger partial charge in [-0.1, -0.05) is 6.07 Å². The number of benzene rings is 2. The lowest BCUT2D eigenvalue weighted by Gasteiger charge is -2.43. The van der Waals surface area contributed by atoms with Crippen molar-refractivity contribution in [2.45, 2.75) is 38.3 Å². The third-order valence-electron chi connectivity index (χ3n) is 6.46. The summed E-state index contributed by atoms with van der Waals surface area (Å²) in [5.74, 6) is -0.541. The molecule has 1 fully saturated rings. The Kier molecular flexibility index (Phi) is 7.66. The van der Waals surface area contributed by atoms with Crippen molar-refractivity contribution < 1.29 is 45.4 Å². The molecule has 1 heterocycles. The number of alkyl halides is 6. The maximum absolute atomic E-state index is 13.7. The molecule has 37 heavy (non-hydrogen) atoms. The van der Waals surface area contributed by atoms with Crippen molar-refractivity contribution >= 4 is 12.1 Å². The summed E-state index contributed by atoms with van der Waals surface area (Å²) in [5, 5.41) is 9.44. The number of nitrogens with zero attached hydrogens (tertiary/aromatic N) is 3. The normalized spacial score (nSPS) is 17.5. The Morgan fingerprint density at radius 3 is 2.05 bits per heavy atom. The molecule has 1 saturated heterocycles. The molecule has 202 valence electrons. The van der Waals surface area contributed by atoms with Gasteiger partial charge in [-0.2, -0.15) is 26.3 Å². The van der Waals surface area contributed by atoms with E-state index in [9.17, 15) is 45.4 Å². The fourth-order valence-electron chi connectivity index (χ4n) is 4.28. The van der Waals surface area contributed by atoms with Gasteiger partial charge in [0.25, 0.3) is 0 Å². The van der Waals surface area contributed by atoms with Crippen molar-refractivity contribution in [2.24, 2.45) is 0 Å². The van der Waals surface area contributed by atoms with Crippen LogP contribution in [0.25, 0.3) is 0 Å². The first-order chi connectivity index (χ1) is 17.0. The summed E-state index contributed by atoms with van der Waals surface area (Å²) in [4.78, 5) is 28.4. The van der Waals surface area contributed by atoms with Gasteiger partial charge in [0.2, 0.25) is 0 Å². The molecule has 2 atom stereocenters. The molecule has 6 nitrogen and oxygen atoms in total. The van der Waals surface area contributed by atoms with Gasteiger partial charge in [-0.05, 0) is 60.9 Å². The first kappa shape index (κ1) is 28.1. The second kappa shape index (κ2) is 10.1. The highest BCUT2D eigenvalue weighted by Gasteiger charge is 2.39. The van der Waals surface area contributed by atoms with Gasteiger partial charge >= 0.3 is 24.5 Å². The summed E-state index contributed by atoms with van der Waals surface area (Å²) in [6.45, 7) is 2.55. The number of amides is 3. The van der Waals surface area contributed by atoms with E-state index in [0.29, 0.717) is 23.3 Å². The average molecular weight is 535 g/mol. The Morgan fingerprint density at radius 1 is 1.00 bits per heavy atom. The number of carbonyl (C=O) groups excluding carboxylic acids is 1. The molecule has 1 aliphatic rings. The van der Waals surface area contributed by atoms with Crippen LogP contribution in [0.15, 0.2) is 36.4 Å². The summed E-state index contributed by atoms with van der Waals surface area (Å²) >= 11 is 0. The maximum atomic E-state index is 13.7. The summed E-state index contributed by atoms with van der Waals surface area (Å²) in [7, 11) is 1.23. The topological polar surface area (TPSA) is 64.1 Å². The Balaban J connectivity index is 1.98. The molecule has 0 radical (unpaired) electrons. The fourth-order valence-corrected chi connectivity index (χ4v) is 4.28. The van der Waals surface area contributed by atoms with Crippen molar-refractivity contribution in [2.75, 3.05) is 26.7 Å². The standard InChI is InChI=1S/C24H24F7N3O3/c1-13-8-18(25)4-5-19(13)20-12-33(22(36)37)6-7-34(20)21(35)32(3)14(2)15-9-16(23(26,27)28)11-17(10-15)24(29,30)31/h4-5,8-11,14,20H,6-7,12H2,1-3H3,(H,36,37)/t14-,20-/m0/s1. The molecule has 13 heteroatoms. The maximum Gasteiger partial charge on any atom is 0.416 e. The van der Waals surface area contributed by atoms with Crippen LogP contribution in [-0.2, 0) is 12.4 Å². The molecule has 3 rings (SSSR count). The van der Waals surface area contributed by atoms with E-state index in [-0.39, 0.29) is 31.3 Å². The van der Waals surface area contributed by atoms with Crippen molar-refractivity contribution in [1.82, 2.24) is 14.7 Å². The van der Waals surface area contributed by atoms with Gasteiger partial charge in [0.15, 0.2) is 0 Å². The molecule has 0 aliphatic carbocycles. The Labute approximate surface area is 207 Å². The molecular weight excluding hydrogens is 511 g/mol. The molecular formula is C24H24F7N3O3. The highest BCUT2D eigenvalue weighted by atomic mass is 19.4. The Morgan fingerprint density at radius 2 is 1.57 bits per heavy atom. The molecule has 0 aromatic heterocycles. The van der Waals surface area contributed by atoms with E-state index in [1.807, 2.05) is 0 Å². The Bertz CT molecular complexity index is 1150. The second-order valence-electron chi connectivity index (χ2n) is 8.85. The number of piperazine rings is 1. The first-order valence-corrected chi connectivity index (χ1v) is 11.1. The van der Waals surface area contributed by atoms with Gasteiger partial charge in [-0.15, -0.1) is 0 Å². The molecule has 2 aromatic carbocycles. The van der Waals surface area contributed by atoms with Crippen LogP contribution in [0.3, 0.4) is 0 Å². The van der Waals surface area contributed by atoms with Crippen molar-refractivity contribution in [3.05, 3.63) is 70.0 Å². The summed E-state index contributed by atoms with van der Waals surface area (Å²) in [5.41, 5.74) is -2.48. The number of carboxylic acid groups (broad SMARTS) is 1. The van der Waals surface area contributed by atoms with Gasteiger partial charge in [-0.25, -0.2) is 14.0 Å². The quantitative estimate of drug-likeness (QED) is 0.468. The number of carbonyl (C=O) groups is 2. The van der Waals surface area contributed by atoms with E-state index in [4.69, 9.17) is 0 Å². The number of urea groups is 1. The lowest BCUT2D eigenvalue weighted by Crippen LogP contribution is -2.55. The van der Waals surface area contributed by atoms with Crippen molar-refractivity contribution in [3.8, 4) is 0 Å². The molecule has 0 spiro atoms. The van der Waals surface area contributed by atoms with E-state index in [2.05, 4.69) is 0 Å². The van der Waals surface area contributed by atoms with Crippen LogP contribution in [0.5, 0.6) is 0 Å². The predicted octanol–water partition coefficient (Wildman–Crippen LogP) is 6.32. The second-order valence-corrected chi connectivity index (χ2v) is 8.85. The predicted molar refractivity (Wildman–Crippen MR) is 118 cm³/mol. The third-order valence-corrected chi connectivity index (χ3v) is 6.46. The molecule has 0 unspecified atom stereocenters. The monoisotopic (exact) mass is 535 g/mol. The minimum Gasteiger partial charge on any atom is -0.465 e. The lowest BCUT2D eigenvalue weighted by atomic mass is 9.97. The number of rotatable bonds is 3. The van der Waals surface area contributed by atoms with Crippen LogP contribution in [-0.4, -0.2) is 58.6 Å². The van der Waals surface area contributed by atoms with Crippen molar-refractivity contribution in [1.29, 1.82) is 0 Å². The SMILES string of the molecule is Cc1cc(F)ccc1[C@@H]1CN(C(=O)O)CCN1C(=O)N(C)[C@@H](C)c1cc(C(F)(F)F)cc(C(F)(F)F)c1. The minimum atomic E-state index is -5.04. The summed E-state index contributed by atoms with van der Waals surface area (Å²) < 4.78 is 93.6. The zero-order valence-electron chi connectivity index (χ0n) is 20.0. The molecule has 1 aliphatic heterocycles. The van der Waals surface area contributed by atoms with Crippen LogP contribution >= 0.6 is 0 Å².